The van der Waals surface area contributed by atoms with Crippen molar-refractivity contribution in [2.45, 2.75) is 6.92 Å². The van der Waals surface area contributed by atoms with E-state index in [1.165, 1.54) is 6.20 Å². The van der Waals surface area contributed by atoms with Crippen molar-refractivity contribution < 1.29 is 0 Å². The van der Waals surface area contributed by atoms with Crippen molar-refractivity contribution in [3.63, 3.8) is 0 Å². The highest BCUT2D eigenvalue weighted by Gasteiger charge is 1.92. The van der Waals surface area contributed by atoms with Gasteiger partial charge in [0.15, 0.2) is 0 Å². The molecule has 0 aromatic carbocycles. The average Bonchev–Trinajstić information content (AvgIpc) is 1.85. The van der Waals surface area contributed by atoms with Crippen LogP contribution in [0.5, 0.6) is 0 Å². The van der Waals surface area contributed by atoms with Gasteiger partial charge in [-0.3, -0.25) is 0 Å². The van der Waals surface area contributed by atoms with Crippen LogP contribution in [-0.2, 0) is 0 Å². The molecular weight excluding hydrogens is 213 g/mol. The highest BCUT2D eigenvalue weighted by Crippen LogP contribution is 2.17. The maximum absolute atomic E-state index is 5.51. The molecule has 0 aliphatic rings. The summed E-state index contributed by atoms with van der Waals surface area (Å²) >= 11 is 8.75. The second-order valence-electron chi connectivity index (χ2n) is 1.79. The van der Waals surface area contributed by atoms with Crippen LogP contribution in [0.2, 0.25) is 0 Å². The van der Waals surface area contributed by atoms with E-state index < -0.39 is 0 Å². The van der Waals surface area contributed by atoms with Gasteiger partial charge in [-0.2, -0.15) is 0 Å². The summed E-state index contributed by atoms with van der Waals surface area (Å²) in [7, 11) is 0. The normalized spacial score (nSPS) is 13.5. The van der Waals surface area contributed by atoms with Gasteiger partial charge in [0, 0.05) is 15.7 Å². The van der Waals surface area contributed by atoms with Crippen LogP contribution in [0, 0.1) is 0 Å². The van der Waals surface area contributed by atoms with E-state index >= 15 is 0 Å². The van der Waals surface area contributed by atoms with Gasteiger partial charge in [0.25, 0.3) is 0 Å². The lowest BCUT2D eigenvalue weighted by molar-refractivity contribution is 1.45. The zero-order valence-corrected chi connectivity index (χ0v) is 8.04. The fraction of sp³-hybridized carbons (Fsp3) is 0.143. The minimum absolute atomic E-state index is 0.497. The first-order chi connectivity index (χ1) is 4.57. The molecule has 56 valence electrons. The number of rotatable bonds is 2. The first-order valence-corrected chi connectivity index (χ1v) is 3.85. The van der Waals surface area contributed by atoms with Gasteiger partial charge in [-0.05, 0) is 34.5 Å². The Bertz CT molecular complexity index is 194. The van der Waals surface area contributed by atoms with Crippen LogP contribution in [0.15, 0.2) is 33.9 Å². The lowest BCUT2D eigenvalue weighted by Crippen LogP contribution is -1.83. The molecule has 0 aromatic rings. The summed E-state index contributed by atoms with van der Waals surface area (Å²) in [6.07, 6.45) is 3.20. The summed E-state index contributed by atoms with van der Waals surface area (Å²) in [5, 5.41) is 0.497. The van der Waals surface area contributed by atoms with Gasteiger partial charge in [0.05, 0.1) is 0 Å². The van der Waals surface area contributed by atoms with Gasteiger partial charge in [0.1, 0.15) is 0 Å². The van der Waals surface area contributed by atoms with Crippen molar-refractivity contribution in [1.82, 2.24) is 0 Å². The van der Waals surface area contributed by atoms with Crippen LogP contribution in [-0.4, -0.2) is 0 Å². The molecule has 0 atom stereocenters. The highest BCUT2D eigenvalue weighted by atomic mass is 79.9. The van der Waals surface area contributed by atoms with Crippen LogP contribution in [0.3, 0.4) is 0 Å². The molecule has 0 aliphatic carbocycles. The van der Waals surface area contributed by atoms with Gasteiger partial charge in [0.2, 0.25) is 0 Å². The Morgan fingerprint density at radius 1 is 1.70 bits per heavy atom. The molecule has 0 radical (unpaired) electrons. The van der Waals surface area contributed by atoms with Crippen LogP contribution in [0.4, 0.5) is 0 Å². The average molecular weight is 223 g/mol. The molecule has 0 unspecified atom stereocenters. The Balaban J connectivity index is 4.35. The zero-order chi connectivity index (χ0) is 8.15. The molecule has 0 heterocycles. The summed E-state index contributed by atoms with van der Waals surface area (Å²) in [4.78, 5) is 0. The Hall–Kier alpha value is -0.210. The molecule has 0 saturated heterocycles. The SMILES string of the molecule is C=C(Cl)/C=C(C)\C(Br)=C/N. The summed E-state index contributed by atoms with van der Waals surface area (Å²) in [6, 6.07) is 0. The van der Waals surface area contributed by atoms with Gasteiger partial charge in [-0.1, -0.05) is 18.2 Å². The van der Waals surface area contributed by atoms with Crippen molar-refractivity contribution in [3.8, 4) is 0 Å². The third kappa shape index (κ3) is 3.75. The molecule has 3 heteroatoms. The smallest absolute Gasteiger partial charge is 0.0359 e. The second-order valence-corrected chi connectivity index (χ2v) is 3.13. The van der Waals surface area contributed by atoms with E-state index in [1.807, 2.05) is 6.92 Å². The summed E-state index contributed by atoms with van der Waals surface area (Å²) in [5.41, 5.74) is 6.19. The number of halogens is 2. The van der Waals surface area contributed by atoms with E-state index in [-0.39, 0.29) is 0 Å². The first kappa shape index (κ1) is 9.79. The van der Waals surface area contributed by atoms with Crippen LogP contribution < -0.4 is 5.73 Å². The molecule has 0 saturated carbocycles. The first-order valence-electron chi connectivity index (χ1n) is 2.68. The van der Waals surface area contributed by atoms with Gasteiger partial charge < -0.3 is 5.73 Å². The van der Waals surface area contributed by atoms with E-state index in [0.29, 0.717) is 5.03 Å². The molecule has 10 heavy (non-hydrogen) atoms. The molecule has 1 nitrogen and oxygen atoms in total. The monoisotopic (exact) mass is 221 g/mol. The fourth-order valence-corrected chi connectivity index (χ4v) is 0.713. The van der Waals surface area contributed by atoms with E-state index in [1.54, 1.807) is 6.08 Å². The Labute approximate surface area is 74.4 Å². The molecule has 0 spiro atoms. The third-order valence-corrected chi connectivity index (χ3v) is 1.90. The van der Waals surface area contributed by atoms with Gasteiger partial charge in [-0.15, -0.1) is 0 Å². The van der Waals surface area contributed by atoms with Crippen LogP contribution >= 0.6 is 27.5 Å². The van der Waals surface area contributed by atoms with E-state index in [4.69, 9.17) is 17.3 Å². The number of hydrogen-bond donors (Lipinski definition) is 1. The predicted octanol–water partition coefficient (Wildman–Crippen LogP) is 2.88. The summed E-state index contributed by atoms with van der Waals surface area (Å²) in [5.74, 6) is 0. The van der Waals surface area contributed by atoms with Crippen molar-refractivity contribution in [3.05, 3.63) is 33.9 Å². The summed E-state index contributed by atoms with van der Waals surface area (Å²) < 4.78 is 0.828. The quantitative estimate of drug-likeness (QED) is 0.715. The largest absolute Gasteiger partial charge is 0.404 e. The topological polar surface area (TPSA) is 26.0 Å². The van der Waals surface area contributed by atoms with Crippen molar-refractivity contribution in [1.29, 1.82) is 0 Å². The lowest BCUT2D eigenvalue weighted by atomic mass is 10.3. The van der Waals surface area contributed by atoms with E-state index in [0.717, 1.165) is 10.1 Å². The molecule has 2 N–H and O–H groups in total. The maximum Gasteiger partial charge on any atom is 0.0359 e. The fourth-order valence-electron chi connectivity index (χ4n) is 0.435. The third-order valence-electron chi connectivity index (χ3n) is 0.896. The molecule has 0 amide bonds. The molecular formula is C7H9BrClN. The zero-order valence-electron chi connectivity index (χ0n) is 5.70. The number of hydrogen-bond acceptors (Lipinski definition) is 1. The minimum Gasteiger partial charge on any atom is -0.404 e. The molecule has 0 rings (SSSR count). The molecule has 0 fully saturated rings. The standard InChI is InChI=1S/C7H9BrClN/c1-5(3-6(2)9)7(8)4-10/h3-4H,2,10H2,1H3/b5-3-,7-4+. The molecule has 0 aliphatic heterocycles. The van der Waals surface area contributed by atoms with E-state index in [9.17, 15) is 0 Å². The Morgan fingerprint density at radius 2 is 2.20 bits per heavy atom. The predicted molar refractivity (Wildman–Crippen MR) is 49.9 cm³/mol. The number of nitrogens with two attached hydrogens (primary N) is 1. The highest BCUT2D eigenvalue weighted by molar-refractivity contribution is 9.11. The van der Waals surface area contributed by atoms with Crippen molar-refractivity contribution in [2.75, 3.05) is 0 Å². The van der Waals surface area contributed by atoms with Crippen molar-refractivity contribution in [2.24, 2.45) is 5.73 Å². The van der Waals surface area contributed by atoms with E-state index in [2.05, 4.69) is 22.5 Å². The Morgan fingerprint density at radius 3 is 2.50 bits per heavy atom. The number of allylic oxidation sites excluding steroid dienone is 4. The second kappa shape index (κ2) is 4.58. The lowest BCUT2D eigenvalue weighted by Gasteiger charge is -1.95. The molecule has 0 aromatic heterocycles. The summed E-state index contributed by atoms with van der Waals surface area (Å²) in [6.45, 7) is 5.40. The minimum atomic E-state index is 0.497. The molecule has 0 bridgehead atoms. The van der Waals surface area contributed by atoms with Crippen molar-refractivity contribution >= 4 is 27.5 Å². The van der Waals surface area contributed by atoms with Gasteiger partial charge >= 0.3 is 0 Å². The van der Waals surface area contributed by atoms with Crippen LogP contribution in [0.25, 0.3) is 0 Å². The maximum atomic E-state index is 5.51. The van der Waals surface area contributed by atoms with Crippen LogP contribution in [0.1, 0.15) is 6.92 Å². The Kier molecular flexibility index (Phi) is 4.49. The van der Waals surface area contributed by atoms with Gasteiger partial charge in [-0.25, -0.2) is 0 Å².